The van der Waals surface area contributed by atoms with Crippen molar-refractivity contribution in [3.05, 3.63) is 59.2 Å². The Morgan fingerprint density at radius 2 is 1.67 bits per heavy atom. The van der Waals surface area contributed by atoms with E-state index in [0.717, 1.165) is 42.5 Å². The molecule has 0 aliphatic carbocycles. The minimum absolute atomic E-state index is 0.0696. The Kier molecular flexibility index (Phi) is 4.64. The molecule has 2 atom stereocenters. The number of benzene rings is 1. The van der Waals surface area contributed by atoms with Crippen LogP contribution in [-0.4, -0.2) is 44.8 Å². The van der Waals surface area contributed by atoms with Gasteiger partial charge in [0.05, 0.1) is 11.9 Å². The van der Waals surface area contributed by atoms with Crippen molar-refractivity contribution in [2.24, 2.45) is 0 Å². The van der Waals surface area contributed by atoms with Crippen molar-refractivity contribution in [2.75, 3.05) is 0 Å². The van der Waals surface area contributed by atoms with Gasteiger partial charge in [-0.2, -0.15) is 0 Å². The van der Waals surface area contributed by atoms with Crippen molar-refractivity contribution in [3.8, 4) is 0 Å². The van der Waals surface area contributed by atoms with E-state index in [1.165, 1.54) is 6.20 Å². The SMILES string of the molecule is Cc1ccc(C(=O)N2C3CCC2CC(NC(=O)c2cnc(C)cn2)C3)cc1. The number of rotatable bonds is 3. The maximum atomic E-state index is 13.0. The van der Waals surface area contributed by atoms with Crippen LogP contribution in [0.25, 0.3) is 0 Å². The molecular weight excluding hydrogens is 340 g/mol. The van der Waals surface area contributed by atoms with Gasteiger partial charge in [0.15, 0.2) is 0 Å². The molecule has 2 saturated heterocycles. The van der Waals surface area contributed by atoms with Crippen molar-refractivity contribution in [1.29, 1.82) is 0 Å². The number of nitrogens with zero attached hydrogens (tertiary/aromatic N) is 3. The molecular formula is C21H24N4O2. The molecule has 2 bridgehead atoms. The van der Waals surface area contributed by atoms with Crippen LogP contribution in [0.3, 0.4) is 0 Å². The van der Waals surface area contributed by atoms with Crippen LogP contribution in [0, 0.1) is 13.8 Å². The van der Waals surface area contributed by atoms with E-state index in [0.29, 0.717) is 5.69 Å². The highest BCUT2D eigenvalue weighted by atomic mass is 16.2. The zero-order valence-electron chi connectivity index (χ0n) is 15.7. The number of hydrogen-bond donors (Lipinski definition) is 1. The second kappa shape index (κ2) is 7.10. The molecule has 0 radical (unpaired) electrons. The lowest BCUT2D eigenvalue weighted by Gasteiger charge is -2.39. The summed E-state index contributed by atoms with van der Waals surface area (Å²) in [5, 5.41) is 3.08. The fourth-order valence-electron chi connectivity index (χ4n) is 4.24. The highest BCUT2D eigenvalue weighted by Gasteiger charge is 2.43. The maximum absolute atomic E-state index is 13.0. The largest absolute Gasteiger partial charge is 0.348 e. The molecule has 2 unspecified atom stereocenters. The average molecular weight is 364 g/mol. The van der Waals surface area contributed by atoms with E-state index in [2.05, 4.69) is 15.3 Å². The number of amides is 2. The number of piperidine rings is 1. The summed E-state index contributed by atoms with van der Waals surface area (Å²) in [6, 6.07) is 8.21. The van der Waals surface area contributed by atoms with Gasteiger partial charge in [0.1, 0.15) is 5.69 Å². The minimum atomic E-state index is -0.190. The van der Waals surface area contributed by atoms with Crippen LogP contribution in [-0.2, 0) is 0 Å². The number of aromatic nitrogens is 2. The summed E-state index contributed by atoms with van der Waals surface area (Å²) in [7, 11) is 0. The van der Waals surface area contributed by atoms with Gasteiger partial charge < -0.3 is 10.2 Å². The summed E-state index contributed by atoms with van der Waals surface area (Å²) < 4.78 is 0. The van der Waals surface area contributed by atoms with Crippen molar-refractivity contribution >= 4 is 11.8 Å². The summed E-state index contributed by atoms with van der Waals surface area (Å²) in [4.78, 5) is 35.7. The highest BCUT2D eigenvalue weighted by molar-refractivity contribution is 5.95. The molecule has 2 amide bonds. The zero-order chi connectivity index (χ0) is 19.0. The quantitative estimate of drug-likeness (QED) is 0.909. The Labute approximate surface area is 159 Å². The standard InChI is InChI=1S/C21H24N4O2/c1-13-3-5-15(6-4-13)21(27)25-17-7-8-18(25)10-16(9-17)24-20(26)19-12-22-14(2)11-23-19/h3-6,11-12,16-18H,7-10H2,1-2H3,(H,24,26). The van der Waals surface area contributed by atoms with Crippen molar-refractivity contribution in [1.82, 2.24) is 20.2 Å². The number of hydrogen-bond acceptors (Lipinski definition) is 4. The third-order valence-corrected chi connectivity index (χ3v) is 5.61. The summed E-state index contributed by atoms with van der Waals surface area (Å²) in [6.07, 6.45) is 6.69. The summed E-state index contributed by atoms with van der Waals surface area (Å²) in [5.74, 6) is -0.0816. The number of aryl methyl sites for hydroxylation is 2. The monoisotopic (exact) mass is 364 g/mol. The molecule has 1 aromatic carbocycles. The van der Waals surface area contributed by atoms with Crippen molar-refractivity contribution in [2.45, 2.75) is 57.7 Å². The van der Waals surface area contributed by atoms with Gasteiger partial charge in [-0.15, -0.1) is 0 Å². The van der Waals surface area contributed by atoms with Crippen LogP contribution in [0.5, 0.6) is 0 Å². The first kappa shape index (κ1) is 17.6. The first-order chi connectivity index (χ1) is 13.0. The number of fused-ring (bicyclic) bond motifs is 2. The Morgan fingerprint density at radius 1 is 1.00 bits per heavy atom. The molecule has 2 aromatic rings. The first-order valence-corrected chi connectivity index (χ1v) is 9.50. The Bertz CT molecular complexity index is 833. The molecule has 1 aromatic heterocycles. The van der Waals surface area contributed by atoms with Gasteiger partial charge in [0.2, 0.25) is 0 Å². The lowest BCUT2D eigenvalue weighted by atomic mass is 9.96. The van der Waals surface area contributed by atoms with Crippen LogP contribution in [0.2, 0.25) is 0 Å². The van der Waals surface area contributed by atoms with Crippen LogP contribution in [0.15, 0.2) is 36.7 Å². The third kappa shape index (κ3) is 3.56. The van der Waals surface area contributed by atoms with Crippen molar-refractivity contribution < 1.29 is 9.59 Å². The van der Waals surface area contributed by atoms with Gasteiger partial charge in [0, 0.05) is 29.9 Å². The molecule has 140 valence electrons. The molecule has 6 heteroatoms. The average Bonchev–Trinajstić information content (AvgIpc) is 2.93. The summed E-state index contributed by atoms with van der Waals surface area (Å²) >= 11 is 0. The maximum Gasteiger partial charge on any atom is 0.271 e. The Balaban J connectivity index is 1.42. The van der Waals surface area contributed by atoms with Gasteiger partial charge in [-0.25, -0.2) is 4.98 Å². The zero-order valence-corrected chi connectivity index (χ0v) is 15.7. The van der Waals surface area contributed by atoms with Gasteiger partial charge >= 0.3 is 0 Å². The van der Waals surface area contributed by atoms with E-state index in [9.17, 15) is 9.59 Å². The molecule has 2 aliphatic rings. The molecule has 2 fully saturated rings. The fourth-order valence-corrected chi connectivity index (χ4v) is 4.24. The topological polar surface area (TPSA) is 75.2 Å². The normalized spacial score (nSPS) is 23.9. The predicted octanol–water partition coefficient (Wildman–Crippen LogP) is 2.66. The molecule has 0 saturated carbocycles. The van der Waals surface area contributed by atoms with Gasteiger partial charge in [0.25, 0.3) is 11.8 Å². The van der Waals surface area contributed by atoms with Gasteiger partial charge in [-0.3, -0.25) is 14.6 Å². The van der Waals surface area contributed by atoms with Crippen molar-refractivity contribution in [3.63, 3.8) is 0 Å². The number of carbonyl (C=O) groups excluding carboxylic acids is 2. The van der Waals surface area contributed by atoms with Crippen LogP contribution in [0.1, 0.15) is 57.8 Å². The van der Waals surface area contributed by atoms with Crippen LogP contribution in [0.4, 0.5) is 0 Å². The molecule has 6 nitrogen and oxygen atoms in total. The fraction of sp³-hybridized carbons (Fsp3) is 0.429. The lowest BCUT2D eigenvalue weighted by Crippen LogP contribution is -2.52. The van der Waals surface area contributed by atoms with E-state index in [1.807, 2.05) is 43.0 Å². The summed E-state index contributed by atoms with van der Waals surface area (Å²) in [6.45, 7) is 3.86. The Morgan fingerprint density at radius 3 is 2.26 bits per heavy atom. The van der Waals surface area contributed by atoms with Crippen LogP contribution < -0.4 is 5.32 Å². The molecule has 0 spiro atoms. The third-order valence-electron chi connectivity index (χ3n) is 5.61. The van der Waals surface area contributed by atoms with Crippen LogP contribution >= 0.6 is 0 Å². The second-order valence-corrected chi connectivity index (χ2v) is 7.65. The smallest absolute Gasteiger partial charge is 0.271 e. The number of nitrogens with one attached hydrogen (secondary N) is 1. The van der Waals surface area contributed by atoms with Gasteiger partial charge in [-0.1, -0.05) is 17.7 Å². The van der Waals surface area contributed by atoms with E-state index in [-0.39, 0.29) is 29.9 Å². The summed E-state index contributed by atoms with van der Waals surface area (Å²) in [5.41, 5.74) is 3.02. The molecule has 1 N–H and O–H groups in total. The number of carbonyl (C=O) groups is 2. The lowest BCUT2D eigenvalue weighted by molar-refractivity contribution is 0.0549. The molecule has 27 heavy (non-hydrogen) atoms. The van der Waals surface area contributed by atoms with E-state index < -0.39 is 0 Å². The molecule has 4 rings (SSSR count). The Hall–Kier alpha value is -2.76. The second-order valence-electron chi connectivity index (χ2n) is 7.65. The minimum Gasteiger partial charge on any atom is -0.348 e. The highest BCUT2D eigenvalue weighted by Crippen LogP contribution is 2.37. The van der Waals surface area contributed by atoms with E-state index in [4.69, 9.17) is 0 Å². The molecule has 2 aliphatic heterocycles. The molecule has 3 heterocycles. The predicted molar refractivity (Wildman–Crippen MR) is 101 cm³/mol. The van der Waals surface area contributed by atoms with Gasteiger partial charge in [-0.05, 0) is 51.7 Å². The van der Waals surface area contributed by atoms with E-state index >= 15 is 0 Å². The first-order valence-electron chi connectivity index (χ1n) is 9.50. The van der Waals surface area contributed by atoms with E-state index in [1.54, 1.807) is 6.20 Å².